The first-order valence-electron chi connectivity index (χ1n) is 9.92. The summed E-state index contributed by atoms with van der Waals surface area (Å²) in [6, 6.07) is 7.41. The van der Waals surface area contributed by atoms with Crippen LogP contribution in [0.4, 0.5) is 9.59 Å². The number of carbonyl (C=O) groups is 4. The molecule has 2 aliphatic rings. The van der Waals surface area contributed by atoms with Crippen LogP contribution in [0.1, 0.15) is 33.3 Å². The number of methoxy groups -OCH3 is 1. The summed E-state index contributed by atoms with van der Waals surface area (Å²) in [4.78, 5) is 50.6. The lowest BCUT2D eigenvalue weighted by Crippen LogP contribution is -2.71. The van der Waals surface area contributed by atoms with E-state index in [1.165, 1.54) is 30.5 Å². The molecular formula is C21H26N2O8S. The van der Waals surface area contributed by atoms with E-state index in [1.54, 1.807) is 13.8 Å². The van der Waals surface area contributed by atoms with Crippen molar-refractivity contribution in [3.63, 3.8) is 0 Å². The van der Waals surface area contributed by atoms with Gasteiger partial charge in [0.2, 0.25) is 5.91 Å². The zero-order valence-electron chi connectivity index (χ0n) is 18.4. The van der Waals surface area contributed by atoms with E-state index in [4.69, 9.17) is 14.2 Å². The van der Waals surface area contributed by atoms with E-state index in [2.05, 4.69) is 10.1 Å². The Bertz CT molecular complexity index is 904. The summed E-state index contributed by atoms with van der Waals surface area (Å²) in [6.45, 7) is 6.45. The minimum Gasteiger partial charge on any atom is -0.445 e. The van der Waals surface area contributed by atoms with Crippen LogP contribution in [-0.4, -0.2) is 64.1 Å². The fourth-order valence-electron chi connectivity index (χ4n) is 3.58. The summed E-state index contributed by atoms with van der Waals surface area (Å²) >= 11 is 1.37. The molecule has 3 atom stereocenters. The number of nitrogens with zero attached hydrogens (tertiary/aromatic N) is 1. The van der Waals surface area contributed by atoms with Crippen LogP contribution in [0.15, 0.2) is 30.3 Å². The van der Waals surface area contributed by atoms with Crippen molar-refractivity contribution >= 4 is 35.9 Å². The highest BCUT2D eigenvalue weighted by atomic mass is 32.2. The van der Waals surface area contributed by atoms with Crippen molar-refractivity contribution in [1.29, 1.82) is 0 Å². The van der Waals surface area contributed by atoms with Gasteiger partial charge in [-0.05, 0) is 19.4 Å². The first-order valence-corrected chi connectivity index (χ1v) is 10.8. The summed E-state index contributed by atoms with van der Waals surface area (Å²) in [6.07, 6.45) is -1.72. The number of hydrogen-bond donors (Lipinski definition) is 1. The summed E-state index contributed by atoms with van der Waals surface area (Å²) in [7, 11) is 1.14. The Morgan fingerprint density at radius 2 is 1.81 bits per heavy atom. The minimum atomic E-state index is -1.59. The summed E-state index contributed by atoms with van der Waals surface area (Å²) in [5, 5.41) is 2.12. The van der Waals surface area contributed by atoms with Crippen LogP contribution in [0, 0.1) is 0 Å². The molecular weight excluding hydrogens is 440 g/mol. The van der Waals surface area contributed by atoms with E-state index in [-0.39, 0.29) is 6.61 Å². The number of amides is 2. The van der Waals surface area contributed by atoms with Crippen molar-refractivity contribution < 1.29 is 38.1 Å². The van der Waals surface area contributed by atoms with E-state index in [9.17, 15) is 19.2 Å². The lowest BCUT2D eigenvalue weighted by molar-refractivity contribution is -0.207. The van der Waals surface area contributed by atoms with E-state index in [1.807, 2.05) is 30.3 Å². The van der Waals surface area contributed by atoms with Gasteiger partial charge in [-0.25, -0.2) is 14.4 Å². The van der Waals surface area contributed by atoms with Gasteiger partial charge in [-0.1, -0.05) is 30.3 Å². The summed E-state index contributed by atoms with van der Waals surface area (Å²) in [5.74, 6) is -2.73. The molecule has 0 spiro atoms. The van der Waals surface area contributed by atoms with Gasteiger partial charge in [0.25, 0.3) is 5.79 Å². The number of benzene rings is 1. The van der Waals surface area contributed by atoms with Crippen molar-refractivity contribution in [1.82, 2.24) is 10.2 Å². The molecule has 0 saturated carbocycles. The molecule has 0 aromatic heterocycles. The van der Waals surface area contributed by atoms with Crippen LogP contribution in [0.5, 0.6) is 0 Å². The lowest BCUT2D eigenvalue weighted by Gasteiger charge is -2.44. The Hall–Kier alpha value is -2.95. The fourth-order valence-corrected chi connectivity index (χ4v) is 5.20. The number of fused-ring (bicyclic) bond motifs is 1. The van der Waals surface area contributed by atoms with Crippen LogP contribution in [0.2, 0.25) is 0 Å². The third kappa shape index (κ3) is 4.93. The number of alkyl carbamates (subject to hydrolysis) is 1. The molecule has 2 amide bonds. The SMILES string of the molecule is COC(=O)OC(C)(C)OC(=O)[C@@H]1N2C(=O)[C@@H](NC(=O)OCc3ccccc3)[C@H]2SC1(C)C. The van der Waals surface area contributed by atoms with Crippen LogP contribution in [0.25, 0.3) is 0 Å². The van der Waals surface area contributed by atoms with Crippen molar-refractivity contribution in [3.05, 3.63) is 35.9 Å². The van der Waals surface area contributed by atoms with Crippen molar-refractivity contribution in [2.45, 2.75) is 62.3 Å². The second-order valence-corrected chi connectivity index (χ2v) is 10.1. The van der Waals surface area contributed by atoms with Gasteiger partial charge in [0.15, 0.2) is 0 Å². The predicted octanol–water partition coefficient (Wildman–Crippen LogP) is 2.41. The second-order valence-electron chi connectivity index (χ2n) is 8.32. The highest BCUT2D eigenvalue weighted by molar-refractivity contribution is 8.01. The van der Waals surface area contributed by atoms with Gasteiger partial charge in [0.05, 0.1) is 7.11 Å². The molecule has 32 heavy (non-hydrogen) atoms. The highest BCUT2D eigenvalue weighted by Crippen LogP contribution is 2.51. The predicted molar refractivity (Wildman–Crippen MR) is 113 cm³/mol. The van der Waals surface area contributed by atoms with Gasteiger partial charge < -0.3 is 29.2 Å². The molecule has 0 aliphatic carbocycles. The van der Waals surface area contributed by atoms with Gasteiger partial charge >= 0.3 is 18.2 Å². The molecule has 0 unspecified atom stereocenters. The number of β-lactam (4-membered cyclic amide) rings is 1. The molecule has 1 aromatic carbocycles. The molecule has 3 rings (SSSR count). The zero-order valence-corrected chi connectivity index (χ0v) is 19.3. The third-order valence-electron chi connectivity index (χ3n) is 4.99. The van der Waals surface area contributed by atoms with Gasteiger partial charge in [-0.2, -0.15) is 0 Å². The molecule has 11 heteroatoms. The Balaban J connectivity index is 1.61. The Morgan fingerprint density at radius 1 is 1.16 bits per heavy atom. The molecule has 2 heterocycles. The number of thioether (sulfide) groups is 1. The molecule has 2 fully saturated rings. The van der Waals surface area contributed by atoms with E-state index >= 15 is 0 Å². The van der Waals surface area contributed by atoms with E-state index in [0.29, 0.717) is 0 Å². The Morgan fingerprint density at radius 3 is 2.44 bits per heavy atom. The average molecular weight is 467 g/mol. The number of hydrogen-bond acceptors (Lipinski definition) is 9. The largest absolute Gasteiger partial charge is 0.511 e. The molecule has 174 valence electrons. The topological polar surface area (TPSA) is 120 Å². The smallest absolute Gasteiger partial charge is 0.445 e. The number of ether oxygens (including phenoxy) is 4. The fraction of sp³-hybridized carbons (Fsp3) is 0.524. The van der Waals surface area contributed by atoms with Crippen LogP contribution < -0.4 is 5.32 Å². The molecule has 1 N–H and O–H groups in total. The Kier molecular flexibility index (Phi) is 6.59. The van der Waals surface area contributed by atoms with Crippen LogP contribution in [-0.2, 0) is 35.1 Å². The number of carbonyl (C=O) groups excluding carboxylic acids is 4. The zero-order chi connectivity index (χ0) is 23.7. The molecule has 0 radical (unpaired) electrons. The number of nitrogens with one attached hydrogen (secondary N) is 1. The number of rotatable bonds is 6. The maximum Gasteiger partial charge on any atom is 0.511 e. The normalized spacial score (nSPS) is 23.5. The van der Waals surface area contributed by atoms with E-state index < -0.39 is 52.1 Å². The Labute approximate surface area is 189 Å². The summed E-state index contributed by atoms with van der Waals surface area (Å²) in [5.41, 5.74) is 0.820. The van der Waals surface area contributed by atoms with Gasteiger partial charge in [0, 0.05) is 18.6 Å². The minimum absolute atomic E-state index is 0.0742. The first kappa shape index (κ1) is 23.7. The van der Waals surface area contributed by atoms with Crippen molar-refractivity contribution in [2.75, 3.05) is 7.11 Å². The highest BCUT2D eigenvalue weighted by Gasteiger charge is 2.65. The number of esters is 1. The molecule has 10 nitrogen and oxygen atoms in total. The molecule has 0 bridgehead atoms. The average Bonchev–Trinajstić information content (AvgIpc) is 2.98. The van der Waals surface area contributed by atoms with Crippen molar-refractivity contribution in [3.8, 4) is 0 Å². The third-order valence-corrected chi connectivity index (χ3v) is 6.56. The maximum absolute atomic E-state index is 12.9. The van der Waals surface area contributed by atoms with Gasteiger partial charge in [-0.15, -0.1) is 11.8 Å². The standard InChI is InChI=1S/C21H26N2O8S/c1-20(2)14(17(25)30-21(3,4)31-19(27)28-5)23-15(24)13(16(23)32-20)22-18(26)29-11-12-9-7-6-8-10-12/h6-10,13-14,16H,11H2,1-5H3,(H,22,26)/t13-,14+,16-/m1/s1. The summed E-state index contributed by atoms with van der Waals surface area (Å²) < 4.78 is 19.2. The van der Waals surface area contributed by atoms with E-state index in [0.717, 1.165) is 12.7 Å². The monoisotopic (exact) mass is 466 g/mol. The van der Waals surface area contributed by atoms with Gasteiger partial charge in [0.1, 0.15) is 24.1 Å². The molecule has 2 saturated heterocycles. The van der Waals surface area contributed by atoms with Crippen LogP contribution >= 0.6 is 11.8 Å². The molecule has 1 aromatic rings. The second kappa shape index (κ2) is 8.89. The lowest BCUT2D eigenvalue weighted by atomic mass is 9.96. The first-order chi connectivity index (χ1) is 14.9. The van der Waals surface area contributed by atoms with Crippen molar-refractivity contribution in [2.24, 2.45) is 0 Å². The maximum atomic E-state index is 12.9. The quantitative estimate of drug-likeness (QED) is 0.292. The van der Waals surface area contributed by atoms with Crippen LogP contribution in [0.3, 0.4) is 0 Å². The van der Waals surface area contributed by atoms with Gasteiger partial charge in [-0.3, -0.25) is 4.79 Å². The molecule has 2 aliphatic heterocycles.